The molecule has 0 aliphatic carbocycles. The molecule has 1 aromatic heterocycles. The lowest BCUT2D eigenvalue weighted by Gasteiger charge is -2.13. The van der Waals surface area contributed by atoms with E-state index >= 15 is 0 Å². The third-order valence-corrected chi connectivity index (χ3v) is 4.00. The maximum Gasteiger partial charge on any atom is 0.333 e. The molecule has 0 aliphatic heterocycles. The molecule has 3 aromatic rings. The Bertz CT molecular complexity index is 972. The Morgan fingerprint density at radius 1 is 0.867 bits per heavy atom. The van der Waals surface area contributed by atoms with E-state index in [9.17, 15) is 9.59 Å². The van der Waals surface area contributed by atoms with Crippen molar-refractivity contribution < 1.29 is 0 Å². The number of benzene rings is 2. The van der Waals surface area contributed by atoms with Crippen molar-refractivity contribution in [2.24, 2.45) is 0 Å². The van der Waals surface area contributed by atoms with Crippen LogP contribution >= 0.6 is 0 Å². The highest BCUT2D eigenvalue weighted by Crippen LogP contribution is 2.23. The SMILES string of the molecule is CC.CC.CC.Cc1cc(=O)n(-c2cc(Cc3ccccc3)c(N)cc2C)c(=O)[nH]1. The van der Waals surface area contributed by atoms with Gasteiger partial charge in [-0.15, -0.1) is 0 Å². The highest BCUT2D eigenvalue weighted by atomic mass is 16.2. The highest BCUT2D eigenvalue weighted by Gasteiger charge is 2.12. The maximum atomic E-state index is 12.3. The van der Waals surface area contributed by atoms with Crippen molar-refractivity contribution >= 4 is 5.69 Å². The third-order valence-electron chi connectivity index (χ3n) is 4.00. The number of nitrogen functional groups attached to an aromatic ring is 1. The van der Waals surface area contributed by atoms with Crippen molar-refractivity contribution in [1.82, 2.24) is 9.55 Å². The van der Waals surface area contributed by atoms with E-state index in [1.807, 2.05) is 84.9 Å². The van der Waals surface area contributed by atoms with Crippen LogP contribution in [0.4, 0.5) is 5.69 Å². The summed E-state index contributed by atoms with van der Waals surface area (Å²) < 4.78 is 1.15. The molecule has 0 spiro atoms. The number of nitrogens with one attached hydrogen (secondary N) is 1. The Labute approximate surface area is 180 Å². The minimum absolute atomic E-state index is 0.352. The molecule has 1 heterocycles. The Morgan fingerprint density at radius 2 is 1.43 bits per heavy atom. The average molecular weight is 412 g/mol. The molecule has 2 aromatic carbocycles. The largest absolute Gasteiger partial charge is 0.398 e. The second kappa shape index (κ2) is 14.0. The predicted octanol–water partition coefficient (Wildman–Crippen LogP) is 5.39. The van der Waals surface area contributed by atoms with Crippen molar-refractivity contribution in [1.29, 1.82) is 0 Å². The first-order chi connectivity index (χ1) is 14.5. The first-order valence-corrected chi connectivity index (χ1v) is 10.7. The Hall–Kier alpha value is -3.08. The molecule has 164 valence electrons. The molecule has 5 nitrogen and oxygen atoms in total. The zero-order valence-electron chi connectivity index (χ0n) is 19.7. The van der Waals surface area contributed by atoms with E-state index in [-0.39, 0.29) is 5.56 Å². The molecule has 5 heteroatoms. The molecule has 0 saturated carbocycles. The topological polar surface area (TPSA) is 80.9 Å². The molecule has 0 aliphatic rings. The van der Waals surface area contributed by atoms with Crippen LogP contribution in [0.1, 0.15) is 63.9 Å². The van der Waals surface area contributed by atoms with Crippen LogP contribution in [0.3, 0.4) is 0 Å². The van der Waals surface area contributed by atoms with Gasteiger partial charge in [-0.05, 0) is 49.1 Å². The number of aromatic amines is 1. The molecular formula is C25H37N3O2. The van der Waals surface area contributed by atoms with Gasteiger partial charge in [0, 0.05) is 17.4 Å². The quantitative estimate of drug-likeness (QED) is 0.567. The van der Waals surface area contributed by atoms with Gasteiger partial charge >= 0.3 is 5.69 Å². The van der Waals surface area contributed by atoms with Gasteiger partial charge in [0.15, 0.2) is 0 Å². The standard InChI is InChI=1S/C19H19N3O2.3C2H6/c1-12-8-16(20)15(10-14-6-4-3-5-7-14)11-17(12)22-18(23)9-13(2)21-19(22)24;3*1-2/h3-9,11H,10,20H2,1-2H3,(H,21,24);3*1-2H3. The number of nitrogens with zero attached hydrogens (tertiary/aromatic N) is 1. The lowest BCUT2D eigenvalue weighted by Crippen LogP contribution is -2.34. The monoisotopic (exact) mass is 411 g/mol. The van der Waals surface area contributed by atoms with E-state index in [0.29, 0.717) is 23.5 Å². The summed E-state index contributed by atoms with van der Waals surface area (Å²) in [6, 6.07) is 15.0. The smallest absolute Gasteiger partial charge is 0.333 e. The predicted molar refractivity (Wildman–Crippen MR) is 130 cm³/mol. The van der Waals surface area contributed by atoms with Crippen LogP contribution in [0.25, 0.3) is 5.69 Å². The van der Waals surface area contributed by atoms with Crippen molar-refractivity contribution in [3.05, 3.63) is 91.8 Å². The molecule has 0 amide bonds. The lowest BCUT2D eigenvalue weighted by atomic mass is 10.0. The first kappa shape index (κ1) is 26.9. The fraction of sp³-hybridized carbons (Fsp3) is 0.360. The second-order valence-corrected chi connectivity index (χ2v) is 5.93. The molecule has 0 bridgehead atoms. The van der Waals surface area contributed by atoms with Gasteiger partial charge in [0.2, 0.25) is 0 Å². The molecule has 3 rings (SSSR count). The van der Waals surface area contributed by atoms with Crippen molar-refractivity contribution in [2.75, 3.05) is 5.73 Å². The molecule has 0 saturated heterocycles. The number of rotatable bonds is 3. The van der Waals surface area contributed by atoms with Gasteiger partial charge in [0.25, 0.3) is 5.56 Å². The maximum absolute atomic E-state index is 12.3. The molecule has 0 fully saturated rings. The third kappa shape index (κ3) is 7.07. The van der Waals surface area contributed by atoms with Gasteiger partial charge < -0.3 is 10.7 Å². The van der Waals surface area contributed by atoms with E-state index in [4.69, 9.17) is 5.73 Å². The number of nitrogens with two attached hydrogens (primary N) is 1. The van der Waals surface area contributed by atoms with E-state index in [1.54, 1.807) is 13.0 Å². The van der Waals surface area contributed by atoms with Crippen LogP contribution in [-0.4, -0.2) is 9.55 Å². The van der Waals surface area contributed by atoms with Crippen LogP contribution in [0, 0.1) is 13.8 Å². The summed E-state index contributed by atoms with van der Waals surface area (Å²) in [4.78, 5) is 27.2. The number of hydrogen-bond acceptors (Lipinski definition) is 3. The minimum atomic E-state index is -0.446. The fourth-order valence-corrected chi connectivity index (χ4v) is 2.81. The Balaban J connectivity index is 0.00000129. The summed E-state index contributed by atoms with van der Waals surface area (Å²) in [5.41, 5.74) is 9.87. The zero-order chi connectivity index (χ0) is 23.3. The number of aromatic nitrogens is 2. The Kier molecular flexibility index (Phi) is 12.6. The molecule has 30 heavy (non-hydrogen) atoms. The second-order valence-electron chi connectivity index (χ2n) is 5.93. The van der Waals surface area contributed by atoms with E-state index in [2.05, 4.69) is 4.98 Å². The molecule has 0 radical (unpaired) electrons. The Morgan fingerprint density at radius 3 is 1.97 bits per heavy atom. The lowest BCUT2D eigenvalue weighted by molar-refractivity contribution is 0.850. The molecule has 0 unspecified atom stereocenters. The summed E-state index contributed by atoms with van der Waals surface area (Å²) >= 11 is 0. The summed E-state index contributed by atoms with van der Waals surface area (Å²) in [5, 5.41) is 0. The van der Waals surface area contributed by atoms with Gasteiger partial charge in [-0.2, -0.15) is 0 Å². The summed E-state index contributed by atoms with van der Waals surface area (Å²) in [6.45, 7) is 15.5. The highest BCUT2D eigenvalue weighted by molar-refractivity contribution is 5.58. The van der Waals surface area contributed by atoms with Crippen LogP contribution in [0.2, 0.25) is 0 Å². The van der Waals surface area contributed by atoms with Crippen molar-refractivity contribution in [3.8, 4) is 5.69 Å². The van der Waals surface area contributed by atoms with Gasteiger partial charge in [-0.25, -0.2) is 9.36 Å². The van der Waals surface area contributed by atoms with Crippen molar-refractivity contribution in [3.63, 3.8) is 0 Å². The van der Waals surface area contributed by atoms with Gasteiger partial charge in [-0.3, -0.25) is 4.79 Å². The zero-order valence-corrected chi connectivity index (χ0v) is 19.7. The number of anilines is 1. The summed E-state index contributed by atoms with van der Waals surface area (Å²) in [6.07, 6.45) is 0.637. The summed E-state index contributed by atoms with van der Waals surface area (Å²) in [7, 11) is 0. The van der Waals surface area contributed by atoms with Crippen LogP contribution in [-0.2, 0) is 6.42 Å². The molecule has 3 N–H and O–H groups in total. The van der Waals surface area contributed by atoms with Gasteiger partial charge in [-0.1, -0.05) is 71.9 Å². The minimum Gasteiger partial charge on any atom is -0.398 e. The van der Waals surface area contributed by atoms with Crippen LogP contribution < -0.4 is 17.0 Å². The number of H-pyrrole nitrogens is 1. The van der Waals surface area contributed by atoms with E-state index in [1.165, 1.54) is 6.07 Å². The number of hydrogen-bond donors (Lipinski definition) is 2. The summed E-state index contributed by atoms with van der Waals surface area (Å²) in [5.74, 6) is 0. The van der Waals surface area contributed by atoms with E-state index in [0.717, 1.165) is 21.3 Å². The van der Waals surface area contributed by atoms with Crippen LogP contribution in [0.5, 0.6) is 0 Å². The van der Waals surface area contributed by atoms with E-state index < -0.39 is 5.69 Å². The fourth-order valence-electron chi connectivity index (χ4n) is 2.81. The van der Waals surface area contributed by atoms with Crippen LogP contribution in [0.15, 0.2) is 58.1 Å². The number of aryl methyl sites for hydroxylation is 2. The van der Waals surface area contributed by atoms with Gasteiger partial charge in [0.05, 0.1) is 5.69 Å². The van der Waals surface area contributed by atoms with Crippen molar-refractivity contribution in [2.45, 2.75) is 61.8 Å². The first-order valence-electron chi connectivity index (χ1n) is 10.7. The average Bonchev–Trinajstić information content (AvgIpc) is 2.75. The molecular weight excluding hydrogens is 374 g/mol. The van der Waals surface area contributed by atoms with Gasteiger partial charge in [0.1, 0.15) is 0 Å². The molecule has 0 atom stereocenters. The normalized spacial score (nSPS) is 9.20.